The van der Waals surface area contributed by atoms with E-state index in [1.165, 1.54) is 18.4 Å². The smallest absolute Gasteiger partial charge is 0.413 e. The van der Waals surface area contributed by atoms with Crippen LogP contribution in [-0.4, -0.2) is 30.8 Å². The number of hydrogen-bond acceptors (Lipinski definition) is 7. The number of amides is 1. The highest BCUT2D eigenvalue weighted by molar-refractivity contribution is 7.21. The maximum atomic E-state index is 12.2. The Bertz CT molecular complexity index is 911. The number of aryl methyl sites for hydroxylation is 1. The molecule has 8 heteroatoms. The van der Waals surface area contributed by atoms with E-state index >= 15 is 0 Å². The number of nitrogens with zero attached hydrogens (tertiary/aromatic N) is 1. The molecule has 0 saturated carbocycles. The molecule has 0 radical (unpaired) electrons. The van der Waals surface area contributed by atoms with Crippen molar-refractivity contribution in [2.45, 2.75) is 13.8 Å². The minimum absolute atomic E-state index is 0.107. The third-order valence-electron chi connectivity index (χ3n) is 3.47. The van der Waals surface area contributed by atoms with Gasteiger partial charge in [0.05, 0.1) is 29.5 Å². The molecule has 1 N–H and O–H groups in total. The standard InChI is InChI=1S/C17H16N2O5S/c1-4-23-17(21)19-14-13(12(9(2)24-14)16(20)22-3)15-18-10-7-5-6-8-11(10)25-15/h5-8H,4H2,1-3H3,(H,19,21). The van der Waals surface area contributed by atoms with E-state index in [9.17, 15) is 9.59 Å². The molecule has 0 aliphatic carbocycles. The highest BCUT2D eigenvalue weighted by Crippen LogP contribution is 2.40. The molecule has 25 heavy (non-hydrogen) atoms. The van der Waals surface area contributed by atoms with Crippen LogP contribution < -0.4 is 5.32 Å². The van der Waals surface area contributed by atoms with E-state index in [0.717, 1.165) is 10.2 Å². The van der Waals surface area contributed by atoms with Crippen LogP contribution >= 0.6 is 11.3 Å². The van der Waals surface area contributed by atoms with Gasteiger partial charge in [-0.05, 0) is 26.0 Å². The van der Waals surface area contributed by atoms with E-state index in [-0.39, 0.29) is 18.1 Å². The lowest BCUT2D eigenvalue weighted by Gasteiger charge is -2.04. The van der Waals surface area contributed by atoms with Gasteiger partial charge in [-0.25, -0.2) is 14.6 Å². The lowest BCUT2D eigenvalue weighted by molar-refractivity contribution is 0.0599. The zero-order chi connectivity index (χ0) is 18.0. The Morgan fingerprint density at radius 2 is 2.08 bits per heavy atom. The predicted molar refractivity (Wildman–Crippen MR) is 94.0 cm³/mol. The second-order valence-electron chi connectivity index (χ2n) is 5.06. The topological polar surface area (TPSA) is 90.7 Å². The molecule has 0 fully saturated rings. The van der Waals surface area contributed by atoms with Crippen LogP contribution in [0.25, 0.3) is 20.8 Å². The van der Waals surface area contributed by atoms with Crippen molar-refractivity contribution >= 4 is 39.5 Å². The fourth-order valence-corrected chi connectivity index (χ4v) is 3.44. The third-order valence-corrected chi connectivity index (χ3v) is 4.53. The van der Waals surface area contributed by atoms with Crippen LogP contribution in [0.4, 0.5) is 10.7 Å². The van der Waals surface area contributed by atoms with E-state index in [0.29, 0.717) is 16.3 Å². The average molecular weight is 360 g/mol. The van der Waals surface area contributed by atoms with Crippen molar-refractivity contribution in [1.82, 2.24) is 4.98 Å². The Kier molecular flexibility index (Phi) is 4.71. The van der Waals surface area contributed by atoms with Crippen molar-refractivity contribution in [2.24, 2.45) is 0 Å². The third kappa shape index (κ3) is 3.20. The first-order chi connectivity index (χ1) is 12.0. The van der Waals surface area contributed by atoms with Gasteiger partial charge in [-0.15, -0.1) is 11.3 Å². The van der Waals surface area contributed by atoms with Gasteiger partial charge in [0.1, 0.15) is 16.3 Å². The number of carbonyl (C=O) groups is 2. The number of hydrogen-bond donors (Lipinski definition) is 1. The second-order valence-corrected chi connectivity index (χ2v) is 6.09. The fraction of sp³-hybridized carbons (Fsp3) is 0.235. The number of carbonyl (C=O) groups excluding carboxylic acids is 2. The maximum Gasteiger partial charge on any atom is 0.413 e. The molecule has 0 saturated heterocycles. The molecule has 7 nitrogen and oxygen atoms in total. The Morgan fingerprint density at radius 1 is 1.32 bits per heavy atom. The Balaban J connectivity index is 2.16. The molecule has 0 spiro atoms. The summed E-state index contributed by atoms with van der Waals surface area (Å²) in [6, 6.07) is 7.59. The minimum Gasteiger partial charge on any atom is -0.465 e. The SMILES string of the molecule is CCOC(=O)Nc1oc(C)c(C(=O)OC)c1-c1nc2ccccc2s1. The number of furan rings is 1. The van der Waals surface area contributed by atoms with Crippen LogP contribution in [-0.2, 0) is 9.47 Å². The zero-order valence-electron chi connectivity index (χ0n) is 13.9. The van der Waals surface area contributed by atoms with Gasteiger partial charge in [-0.3, -0.25) is 5.32 Å². The van der Waals surface area contributed by atoms with Crippen LogP contribution in [0.2, 0.25) is 0 Å². The summed E-state index contributed by atoms with van der Waals surface area (Å²) >= 11 is 1.39. The molecule has 1 amide bonds. The van der Waals surface area contributed by atoms with Crippen molar-refractivity contribution in [3.05, 3.63) is 35.6 Å². The van der Waals surface area contributed by atoms with Crippen molar-refractivity contribution in [3.8, 4) is 10.6 Å². The largest absolute Gasteiger partial charge is 0.465 e. The van der Waals surface area contributed by atoms with Gasteiger partial charge in [0.2, 0.25) is 5.88 Å². The van der Waals surface area contributed by atoms with Gasteiger partial charge in [0.25, 0.3) is 0 Å². The summed E-state index contributed by atoms with van der Waals surface area (Å²) in [4.78, 5) is 28.6. The highest BCUT2D eigenvalue weighted by atomic mass is 32.1. The van der Waals surface area contributed by atoms with E-state index in [4.69, 9.17) is 13.9 Å². The number of fused-ring (bicyclic) bond motifs is 1. The summed E-state index contributed by atoms with van der Waals surface area (Å²) in [5.41, 5.74) is 1.41. The van der Waals surface area contributed by atoms with Crippen LogP contribution in [0.3, 0.4) is 0 Å². The van der Waals surface area contributed by atoms with Crippen molar-refractivity contribution in [2.75, 3.05) is 19.0 Å². The molecule has 0 aliphatic heterocycles. The fourth-order valence-electron chi connectivity index (χ4n) is 2.42. The quantitative estimate of drug-likeness (QED) is 0.701. The van der Waals surface area contributed by atoms with Crippen molar-refractivity contribution in [3.63, 3.8) is 0 Å². The summed E-state index contributed by atoms with van der Waals surface area (Å²) in [6.45, 7) is 3.53. The lowest BCUT2D eigenvalue weighted by atomic mass is 10.1. The Morgan fingerprint density at radius 3 is 2.76 bits per heavy atom. The van der Waals surface area contributed by atoms with Gasteiger partial charge in [0, 0.05) is 0 Å². The van der Waals surface area contributed by atoms with Gasteiger partial charge in [-0.2, -0.15) is 0 Å². The summed E-state index contributed by atoms with van der Waals surface area (Å²) in [7, 11) is 1.29. The molecule has 0 bridgehead atoms. The van der Waals surface area contributed by atoms with Crippen LogP contribution in [0, 0.1) is 6.92 Å². The van der Waals surface area contributed by atoms with Gasteiger partial charge >= 0.3 is 12.1 Å². The first-order valence-corrected chi connectivity index (χ1v) is 8.38. The molecule has 0 aliphatic rings. The first-order valence-electron chi connectivity index (χ1n) is 7.56. The molecular weight excluding hydrogens is 344 g/mol. The molecule has 130 valence electrons. The number of anilines is 1. The van der Waals surface area contributed by atoms with E-state index in [1.807, 2.05) is 24.3 Å². The number of para-hydroxylation sites is 1. The predicted octanol–water partition coefficient (Wildman–Crippen LogP) is 4.22. The second kappa shape index (κ2) is 6.94. The number of thiazole rings is 1. The van der Waals surface area contributed by atoms with Gasteiger partial charge < -0.3 is 13.9 Å². The first kappa shape index (κ1) is 17.0. The zero-order valence-corrected chi connectivity index (χ0v) is 14.7. The number of nitrogens with one attached hydrogen (secondary N) is 1. The van der Waals surface area contributed by atoms with Crippen LogP contribution in [0.5, 0.6) is 0 Å². The van der Waals surface area contributed by atoms with Crippen molar-refractivity contribution in [1.29, 1.82) is 0 Å². The number of rotatable bonds is 4. The monoisotopic (exact) mass is 360 g/mol. The van der Waals surface area contributed by atoms with Crippen molar-refractivity contribution < 1.29 is 23.5 Å². The summed E-state index contributed by atoms with van der Waals surface area (Å²) < 4.78 is 16.3. The molecule has 3 aromatic rings. The lowest BCUT2D eigenvalue weighted by Crippen LogP contribution is -2.13. The normalized spacial score (nSPS) is 10.7. The van der Waals surface area contributed by atoms with E-state index in [1.54, 1.807) is 13.8 Å². The van der Waals surface area contributed by atoms with Gasteiger partial charge in [-0.1, -0.05) is 12.1 Å². The number of esters is 1. The van der Waals surface area contributed by atoms with Crippen LogP contribution in [0.1, 0.15) is 23.0 Å². The van der Waals surface area contributed by atoms with E-state index < -0.39 is 12.1 Å². The summed E-state index contributed by atoms with van der Waals surface area (Å²) in [5.74, 6) is -0.129. The molecule has 0 atom stereocenters. The Hall–Kier alpha value is -2.87. The average Bonchev–Trinajstić information content (AvgIpc) is 3.14. The number of aromatic nitrogens is 1. The molecule has 1 aromatic carbocycles. The molecular formula is C17H16N2O5S. The highest BCUT2D eigenvalue weighted by Gasteiger charge is 2.28. The van der Waals surface area contributed by atoms with E-state index in [2.05, 4.69) is 10.3 Å². The number of ether oxygens (including phenoxy) is 2. The number of benzene rings is 1. The minimum atomic E-state index is -0.671. The van der Waals surface area contributed by atoms with Crippen LogP contribution in [0.15, 0.2) is 28.7 Å². The maximum absolute atomic E-state index is 12.2. The Labute approximate surface area is 147 Å². The molecule has 2 heterocycles. The number of methoxy groups -OCH3 is 1. The summed E-state index contributed by atoms with van der Waals surface area (Å²) in [5, 5.41) is 3.07. The summed E-state index contributed by atoms with van der Waals surface area (Å²) in [6.07, 6.45) is -0.671. The molecule has 3 rings (SSSR count). The molecule has 2 aromatic heterocycles. The molecule has 0 unspecified atom stereocenters. The van der Waals surface area contributed by atoms with Gasteiger partial charge in [0.15, 0.2) is 0 Å².